The molecule has 3 rings (SSSR count). The van der Waals surface area contributed by atoms with Crippen molar-refractivity contribution >= 4 is 31.5 Å². The zero-order valence-electron chi connectivity index (χ0n) is 7.90. The normalized spacial score (nSPS) is 10.6. The Kier molecular flexibility index (Phi) is 1.74. The number of rotatable bonds is 0. The van der Waals surface area contributed by atoms with Crippen LogP contribution in [0, 0.1) is 11.3 Å². The maximum atomic E-state index is 9.07. The van der Waals surface area contributed by atoms with E-state index in [9.17, 15) is 0 Å². The Labute approximate surface area is 91.2 Å². The SMILES string of the molecule is N#Cc1cccc2sc3ccccc3c12. The smallest absolute Gasteiger partial charge is 0.0998 e. The molecule has 0 atom stereocenters. The summed E-state index contributed by atoms with van der Waals surface area (Å²) in [4.78, 5) is 0. The fourth-order valence-electron chi connectivity index (χ4n) is 1.87. The number of fused-ring (bicyclic) bond motifs is 3. The van der Waals surface area contributed by atoms with E-state index < -0.39 is 0 Å². The van der Waals surface area contributed by atoms with E-state index in [0.29, 0.717) is 0 Å². The molecule has 1 nitrogen and oxygen atoms in total. The van der Waals surface area contributed by atoms with Crippen LogP contribution in [0.15, 0.2) is 42.5 Å². The van der Waals surface area contributed by atoms with Crippen molar-refractivity contribution in [2.45, 2.75) is 0 Å². The van der Waals surface area contributed by atoms with Crippen LogP contribution in [0.25, 0.3) is 20.2 Å². The molecule has 0 aliphatic rings. The maximum Gasteiger partial charge on any atom is 0.0998 e. The summed E-state index contributed by atoms with van der Waals surface area (Å²) in [7, 11) is 0. The molecule has 0 spiro atoms. The van der Waals surface area contributed by atoms with Gasteiger partial charge in [-0.1, -0.05) is 24.3 Å². The molecule has 3 aromatic rings. The summed E-state index contributed by atoms with van der Waals surface area (Å²) in [5, 5.41) is 11.4. The Morgan fingerprint density at radius 2 is 1.73 bits per heavy atom. The highest BCUT2D eigenvalue weighted by Crippen LogP contribution is 2.35. The van der Waals surface area contributed by atoms with Crippen molar-refractivity contribution in [2.75, 3.05) is 0 Å². The average Bonchev–Trinajstić information content (AvgIpc) is 2.67. The third-order valence-corrected chi connectivity index (χ3v) is 3.66. The summed E-state index contributed by atoms with van der Waals surface area (Å²) in [5.74, 6) is 0. The number of nitrogens with zero attached hydrogens (tertiary/aromatic N) is 1. The lowest BCUT2D eigenvalue weighted by atomic mass is 10.1. The van der Waals surface area contributed by atoms with Gasteiger partial charge in [0.2, 0.25) is 0 Å². The van der Waals surface area contributed by atoms with E-state index in [4.69, 9.17) is 5.26 Å². The van der Waals surface area contributed by atoms with Crippen LogP contribution in [0.1, 0.15) is 5.56 Å². The first-order chi connectivity index (χ1) is 7.40. The third-order valence-electron chi connectivity index (χ3n) is 2.52. The van der Waals surface area contributed by atoms with Crippen molar-refractivity contribution in [3.8, 4) is 6.07 Å². The molecule has 1 heterocycles. The number of hydrogen-bond donors (Lipinski definition) is 0. The zero-order valence-corrected chi connectivity index (χ0v) is 8.71. The van der Waals surface area contributed by atoms with Gasteiger partial charge in [0.1, 0.15) is 0 Å². The molecular weight excluding hydrogens is 202 g/mol. The molecule has 1 aromatic heterocycles. The predicted octanol–water partition coefficient (Wildman–Crippen LogP) is 3.93. The number of benzene rings is 2. The minimum absolute atomic E-state index is 0.768. The van der Waals surface area contributed by atoms with E-state index in [-0.39, 0.29) is 0 Å². The second kappa shape index (κ2) is 3.08. The Bertz CT molecular complexity index is 688. The van der Waals surface area contributed by atoms with Gasteiger partial charge in [-0.05, 0) is 18.2 Å². The minimum atomic E-state index is 0.768. The fraction of sp³-hybridized carbons (Fsp3) is 0. The van der Waals surface area contributed by atoms with Crippen molar-refractivity contribution in [1.82, 2.24) is 0 Å². The Hall–Kier alpha value is -1.85. The van der Waals surface area contributed by atoms with Crippen LogP contribution in [0.3, 0.4) is 0 Å². The first-order valence-electron chi connectivity index (χ1n) is 4.70. The zero-order chi connectivity index (χ0) is 10.3. The first kappa shape index (κ1) is 8.46. The summed E-state index contributed by atoms with van der Waals surface area (Å²) in [6.45, 7) is 0. The molecular formula is C13H7NS. The van der Waals surface area contributed by atoms with E-state index in [1.165, 1.54) is 14.8 Å². The van der Waals surface area contributed by atoms with Crippen LogP contribution in [0.5, 0.6) is 0 Å². The monoisotopic (exact) mass is 209 g/mol. The fourth-order valence-corrected chi connectivity index (χ4v) is 3.00. The number of nitriles is 1. The second-order valence-electron chi connectivity index (χ2n) is 3.39. The molecule has 0 fully saturated rings. The van der Waals surface area contributed by atoms with Gasteiger partial charge in [0.25, 0.3) is 0 Å². The van der Waals surface area contributed by atoms with Gasteiger partial charge in [-0.3, -0.25) is 0 Å². The maximum absolute atomic E-state index is 9.07. The number of hydrogen-bond acceptors (Lipinski definition) is 2. The van der Waals surface area contributed by atoms with Gasteiger partial charge in [-0.25, -0.2) is 0 Å². The van der Waals surface area contributed by atoms with Gasteiger partial charge in [-0.15, -0.1) is 11.3 Å². The van der Waals surface area contributed by atoms with E-state index in [2.05, 4.69) is 24.3 Å². The molecule has 15 heavy (non-hydrogen) atoms. The summed E-state index contributed by atoms with van der Waals surface area (Å²) < 4.78 is 2.44. The lowest BCUT2D eigenvalue weighted by Gasteiger charge is -1.93. The highest BCUT2D eigenvalue weighted by molar-refractivity contribution is 7.25. The highest BCUT2D eigenvalue weighted by atomic mass is 32.1. The van der Waals surface area contributed by atoms with Crippen LogP contribution in [-0.4, -0.2) is 0 Å². The minimum Gasteiger partial charge on any atom is -0.192 e. The summed E-state index contributed by atoms with van der Waals surface area (Å²) in [6.07, 6.45) is 0. The predicted molar refractivity (Wildman–Crippen MR) is 64.0 cm³/mol. The molecule has 0 aliphatic carbocycles. The molecule has 0 saturated heterocycles. The van der Waals surface area contributed by atoms with Crippen LogP contribution in [0.2, 0.25) is 0 Å². The summed E-state index contributed by atoms with van der Waals surface area (Å²) >= 11 is 1.74. The van der Waals surface area contributed by atoms with E-state index in [1.807, 2.05) is 24.3 Å². The molecule has 0 bridgehead atoms. The van der Waals surface area contributed by atoms with Gasteiger partial charge in [0, 0.05) is 20.2 Å². The Morgan fingerprint density at radius 1 is 0.933 bits per heavy atom. The Balaban J connectivity index is 2.64. The molecule has 2 aromatic carbocycles. The lowest BCUT2D eigenvalue weighted by molar-refractivity contribution is 1.51. The summed E-state index contributed by atoms with van der Waals surface area (Å²) in [5.41, 5.74) is 0.768. The summed E-state index contributed by atoms with van der Waals surface area (Å²) in [6, 6.07) is 16.4. The van der Waals surface area contributed by atoms with E-state index in [0.717, 1.165) is 10.9 Å². The standard InChI is InChI=1S/C13H7NS/c14-8-9-4-3-7-12-13(9)10-5-1-2-6-11(10)15-12/h1-7H. The van der Waals surface area contributed by atoms with Crippen molar-refractivity contribution in [1.29, 1.82) is 5.26 Å². The van der Waals surface area contributed by atoms with E-state index in [1.54, 1.807) is 11.3 Å². The van der Waals surface area contributed by atoms with Gasteiger partial charge in [-0.2, -0.15) is 5.26 Å². The van der Waals surface area contributed by atoms with Crippen LogP contribution in [0.4, 0.5) is 0 Å². The third kappa shape index (κ3) is 1.14. The molecule has 0 amide bonds. The van der Waals surface area contributed by atoms with Gasteiger partial charge in [0.15, 0.2) is 0 Å². The second-order valence-corrected chi connectivity index (χ2v) is 4.47. The van der Waals surface area contributed by atoms with Gasteiger partial charge < -0.3 is 0 Å². The van der Waals surface area contributed by atoms with Crippen molar-refractivity contribution in [3.05, 3.63) is 48.0 Å². The van der Waals surface area contributed by atoms with Gasteiger partial charge in [0.05, 0.1) is 11.6 Å². The molecule has 0 unspecified atom stereocenters. The topological polar surface area (TPSA) is 23.8 Å². The first-order valence-corrected chi connectivity index (χ1v) is 5.52. The van der Waals surface area contributed by atoms with Crippen molar-refractivity contribution < 1.29 is 0 Å². The Morgan fingerprint density at radius 3 is 2.60 bits per heavy atom. The average molecular weight is 209 g/mol. The molecule has 2 heteroatoms. The molecule has 70 valence electrons. The molecule has 0 saturated carbocycles. The largest absolute Gasteiger partial charge is 0.192 e. The molecule has 0 N–H and O–H groups in total. The van der Waals surface area contributed by atoms with Crippen molar-refractivity contribution in [2.24, 2.45) is 0 Å². The van der Waals surface area contributed by atoms with E-state index >= 15 is 0 Å². The van der Waals surface area contributed by atoms with Gasteiger partial charge >= 0.3 is 0 Å². The lowest BCUT2D eigenvalue weighted by Crippen LogP contribution is -1.74. The van der Waals surface area contributed by atoms with Crippen LogP contribution >= 0.6 is 11.3 Å². The van der Waals surface area contributed by atoms with Crippen molar-refractivity contribution in [3.63, 3.8) is 0 Å². The molecule has 0 aliphatic heterocycles. The highest BCUT2D eigenvalue weighted by Gasteiger charge is 2.07. The van der Waals surface area contributed by atoms with Crippen LogP contribution in [-0.2, 0) is 0 Å². The number of thiophene rings is 1. The quantitative estimate of drug-likeness (QED) is 0.550. The van der Waals surface area contributed by atoms with Crippen LogP contribution < -0.4 is 0 Å². The molecule has 0 radical (unpaired) electrons.